The fraction of sp³-hybridized carbons (Fsp3) is 0.875. The van der Waals surface area contributed by atoms with Crippen molar-refractivity contribution in [2.24, 2.45) is 0 Å². The molecular weight excluding hydrogens is 282 g/mol. The summed E-state index contributed by atoms with van der Waals surface area (Å²) in [5.74, 6) is -0.0726. The third kappa shape index (κ3) is 3.79. The highest BCUT2D eigenvalue weighted by Crippen LogP contribution is 2.28. The van der Waals surface area contributed by atoms with E-state index in [1.807, 2.05) is 0 Å². The molecular formula is C16H27N3O3. The van der Waals surface area contributed by atoms with Gasteiger partial charge in [0.05, 0.1) is 19.3 Å². The van der Waals surface area contributed by atoms with Crippen LogP contribution in [0.1, 0.15) is 44.9 Å². The molecule has 0 aromatic rings. The van der Waals surface area contributed by atoms with Crippen molar-refractivity contribution in [2.45, 2.75) is 63.1 Å². The Kier molecular flexibility index (Phi) is 5.31. The van der Waals surface area contributed by atoms with Crippen molar-refractivity contribution in [1.29, 1.82) is 0 Å². The average molecular weight is 309 g/mol. The van der Waals surface area contributed by atoms with E-state index in [4.69, 9.17) is 4.74 Å². The number of hydrogen-bond donors (Lipinski definition) is 2. The van der Waals surface area contributed by atoms with Crippen LogP contribution in [0.3, 0.4) is 0 Å². The van der Waals surface area contributed by atoms with Gasteiger partial charge in [-0.1, -0.05) is 12.8 Å². The molecule has 124 valence electrons. The highest BCUT2D eigenvalue weighted by atomic mass is 16.5. The van der Waals surface area contributed by atoms with Gasteiger partial charge in [-0.05, 0) is 32.1 Å². The lowest BCUT2D eigenvalue weighted by molar-refractivity contribution is -0.133. The van der Waals surface area contributed by atoms with E-state index in [2.05, 4.69) is 15.5 Å². The molecule has 0 unspecified atom stereocenters. The molecule has 3 rings (SSSR count). The maximum Gasteiger partial charge on any atom is 0.242 e. The summed E-state index contributed by atoms with van der Waals surface area (Å²) < 4.78 is 5.84. The molecule has 6 nitrogen and oxygen atoms in total. The van der Waals surface area contributed by atoms with Crippen LogP contribution in [0.2, 0.25) is 0 Å². The number of carbonyl (C=O) groups excluding carboxylic acids is 2. The van der Waals surface area contributed by atoms with E-state index in [-0.39, 0.29) is 24.0 Å². The van der Waals surface area contributed by atoms with Crippen LogP contribution in [0.15, 0.2) is 0 Å². The second kappa shape index (κ2) is 7.42. The average Bonchev–Trinajstić information content (AvgIpc) is 2.73. The van der Waals surface area contributed by atoms with Gasteiger partial charge in [0.1, 0.15) is 6.04 Å². The van der Waals surface area contributed by atoms with Gasteiger partial charge in [-0.3, -0.25) is 14.5 Å². The molecule has 3 atom stereocenters. The second-order valence-electron chi connectivity index (χ2n) is 6.64. The predicted octanol–water partition coefficient (Wildman–Crippen LogP) is 0.415. The maximum atomic E-state index is 12.3. The van der Waals surface area contributed by atoms with Gasteiger partial charge in [0, 0.05) is 19.1 Å². The van der Waals surface area contributed by atoms with E-state index in [1.165, 1.54) is 12.8 Å². The molecule has 0 aromatic carbocycles. The minimum absolute atomic E-state index is 0.0340. The molecule has 2 N–H and O–H groups in total. The fourth-order valence-electron chi connectivity index (χ4n) is 3.87. The van der Waals surface area contributed by atoms with Crippen molar-refractivity contribution in [3.63, 3.8) is 0 Å². The van der Waals surface area contributed by atoms with Crippen LogP contribution >= 0.6 is 0 Å². The Morgan fingerprint density at radius 1 is 1.23 bits per heavy atom. The number of nitrogens with zero attached hydrogens (tertiary/aromatic N) is 1. The maximum absolute atomic E-state index is 12.3. The summed E-state index contributed by atoms with van der Waals surface area (Å²) in [6.07, 6.45) is 7.66. The zero-order valence-electron chi connectivity index (χ0n) is 13.2. The Bertz CT molecular complexity index is 413. The highest BCUT2D eigenvalue weighted by molar-refractivity contribution is 5.88. The van der Waals surface area contributed by atoms with E-state index < -0.39 is 0 Å². The first kappa shape index (κ1) is 15.7. The molecule has 2 amide bonds. The predicted molar refractivity (Wildman–Crippen MR) is 82.4 cm³/mol. The summed E-state index contributed by atoms with van der Waals surface area (Å²) in [6.45, 7) is 2.62. The molecule has 0 radical (unpaired) electrons. The molecule has 6 heteroatoms. The Balaban J connectivity index is 1.53. The molecule has 0 spiro atoms. The molecule has 2 heterocycles. The van der Waals surface area contributed by atoms with Gasteiger partial charge in [-0.15, -0.1) is 0 Å². The van der Waals surface area contributed by atoms with Gasteiger partial charge >= 0.3 is 0 Å². The minimum atomic E-state index is -0.363. The van der Waals surface area contributed by atoms with Gasteiger partial charge < -0.3 is 15.4 Å². The van der Waals surface area contributed by atoms with Crippen molar-refractivity contribution >= 4 is 11.8 Å². The fourth-order valence-corrected chi connectivity index (χ4v) is 3.87. The first-order valence-electron chi connectivity index (χ1n) is 8.67. The summed E-state index contributed by atoms with van der Waals surface area (Å²) in [7, 11) is 0. The Hall–Kier alpha value is -1.14. The van der Waals surface area contributed by atoms with Gasteiger partial charge in [0.25, 0.3) is 0 Å². The van der Waals surface area contributed by atoms with Crippen LogP contribution in [0.5, 0.6) is 0 Å². The van der Waals surface area contributed by atoms with E-state index in [0.29, 0.717) is 19.2 Å². The molecule has 1 saturated carbocycles. The molecule has 0 bridgehead atoms. The molecule has 0 aromatic heterocycles. The molecule has 3 aliphatic rings. The van der Waals surface area contributed by atoms with Crippen molar-refractivity contribution in [3.8, 4) is 0 Å². The van der Waals surface area contributed by atoms with Gasteiger partial charge in [0.2, 0.25) is 11.8 Å². The quantitative estimate of drug-likeness (QED) is 0.792. The summed E-state index contributed by atoms with van der Waals surface area (Å²) >= 11 is 0. The van der Waals surface area contributed by atoms with Crippen LogP contribution in [-0.4, -0.2) is 61.1 Å². The molecule has 1 aliphatic carbocycles. The zero-order chi connectivity index (χ0) is 15.4. The first-order valence-corrected chi connectivity index (χ1v) is 8.67. The van der Waals surface area contributed by atoms with Crippen molar-refractivity contribution < 1.29 is 14.3 Å². The summed E-state index contributed by atoms with van der Waals surface area (Å²) in [5.41, 5.74) is 0. The molecule has 3 fully saturated rings. The molecule has 22 heavy (non-hydrogen) atoms. The summed E-state index contributed by atoms with van der Waals surface area (Å²) in [6, 6.07) is 0.00871. The Labute approximate surface area is 131 Å². The lowest BCUT2D eigenvalue weighted by Gasteiger charge is -2.43. The number of nitrogens with one attached hydrogen (secondary N) is 2. The van der Waals surface area contributed by atoms with Crippen molar-refractivity contribution in [1.82, 2.24) is 15.5 Å². The van der Waals surface area contributed by atoms with Crippen LogP contribution in [0.4, 0.5) is 0 Å². The van der Waals surface area contributed by atoms with Gasteiger partial charge in [-0.25, -0.2) is 0 Å². The van der Waals surface area contributed by atoms with Gasteiger partial charge in [-0.2, -0.15) is 0 Å². The number of morpholine rings is 1. The summed E-state index contributed by atoms with van der Waals surface area (Å²) in [4.78, 5) is 26.5. The largest absolute Gasteiger partial charge is 0.375 e. The Morgan fingerprint density at radius 2 is 2.05 bits per heavy atom. The van der Waals surface area contributed by atoms with Crippen LogP contribution < -0.4 is 10.6 Å². The van der Waals surface area contributed by atoms with E-state index in [9.17, 15) is 9.59 Å². The van der Waals surface area contributed by atoms with Gasteiger partial charge in [0.15, 0.2) is 0 Å². The minimum Gasteiger partial charge on any atom is -0.375 e. The normalized spacial score (nSPS) is 33.5. The summed E-state index contributed by atoms with van der Waals surface area (Å²) in [5, 5.41) is 5.78. The van der Waals surface area contributed by atoms with Crippen LogP contribution in [0, 0.1) is 0 Å². The molecule has 2 saturated heterocycles. The van der Waals surface area contributed by atoms with Crippen molar-refractivity contribution in [2.75, 3.05) is 26.2 Å². The topological polar surface area (TPSA) is 70.7 Å². The number of carbonyl (C=O) groups is 2. The van der Waals surface area contributed by atoms with Crippen molar-refractivity contribution in [3.05, 3.63) is 0 Å². The SMILES string of the molecule is O=C(CN1CCO[C@@H]2CCCC[C@@H]21)N[C@H]1CCCCNC1=O. The smallest absolute Gasteiger partial charge is 0.242 e. The third-order valence-corrected chi connectivity index (χ3v) is 5.06. The lowest BCUT2D eigenvalue weighted by Crippen LogP contribution is -2.56. The highest BCUT2D eigenvalue weighted by Gasteiger charge is 2.35. The lowest BCUT2D eigenvalue weighted by atomic mass is 9.90. The van der Waals surface area contributed by atoms with E-state index in [1.54, 1.807) is 0 Å². The number of ether oxygens (including phenoxy) is 1. The molecule has 2 aliphatic heterocycles. The third-order valence-electron chi connectivity index (χ3n) is 5.06. The number of amides is 2. The standard InChI is InChI=1S/C16H27N3O3/c20-15(18-12-5-3-4-8-17-16(12)21)11-19-9-10-22-14-7-2-1-6-13(14)19/h12-14H,1-11H2,(H,17,21)(H,18,20)/t12-,13-,14+/m0/s1. The number of hydrogen-bond acceptors (Lipinski definition) is 4. The van der Waals surface area contributed by atoms with E-state index in [0.717, 1.165) is 45.2 Å². The Morgan fingerprint density at radius 3 is 2.95 bits per heavy atom. The zero-order valence-corrected chi connectivity index (χ0v) is 13.2. The first-order chi connectivity index (χ1) is 10.7. The number of rotatable bonds is 3. The van der Waals surface area contributed by atoms with Crippen LogP contribution in [-0.2, 0) is 14.3 Å². The monoisotopic (exact) mass is 309 g/mol. The van der Waals surface area contributed by atoms with E-state index >= 15 is 0 Å². The second-order valence-corrected chi connectivity index (χ2v) is 6.64. The van der Waals surface area contributed by atoms with Crippen LogP contribution in [0.25, 0.3) is 0 Å². The number of fused-ring (bicyclic) bond motifs is 1.